The van der Waals surface area contributed by atoms with E-state index in [1.807, 2.05) is 12.1 Å². The molecule has 0 atom stereocenters. The Hall–Kier alpha value is -1.18. The molecule has 0 aliphatic heterocycles. The summed E-state index contributed by atoms with van der Waals surface area (Å²) in [6.07, 6.45) is 2.21. The van der Waals surface area contributed by atoms with E-state index < -0.39 is 0 Å². The van der Waals surface area contributed by atoms with E-state index in [0.29, 0.717) is 0 Å². The van der Waals surface area contributed by atoms with Crippen LogP contribution in [0.4, 0.5) is 0 Å². The molecule has 0 N–H and O–H groups in total. The van der Waals surface area contributed by atoms with Crippen LogP contribution in [0.25, 0.3) is 0 Å². The van der Waals surface area contributed by atoms with Crippen LogP contribution in [0.5, 0.6) is 11.5 Å². The molecular weight excluding hydrogens is 164 g/mol. The number of ether oxygens (including phenoxy) is 2. The minimum Gasteiger partial charge on any atom is -0.493 e. The van der Waals surface area contributed by atoms with Crippen LogP contribution in [0.3, 0.4) is 0 Å². The third-order valence-electron chi connectivity index (χ3n) is 1.76. The van der Waals surface area contributed by atoms with Gasteiger partial charge in [-0.2, -0.15) is 0 Å². The first-order chi connectivity index (χ1) is 6.38. The molecule has 1 aromatic carbocycles. The topological polar surface area (TPSA) is 18.5 Å². The molecule has 0 aromatic heterocycles. The molecule has 13 heavy (non-hydrogen) atoms. The molecule has 1 radical (unpaired) electrons. The van der Waals surface area contributed by atoms with Crippen LogP contribution in [0.15, 0.2) is 18.2 Å². The van der Waals surface area contributed by atoms with Crippen molar-refractivity contribution < 1.29 is 9.47 Å². The maximum atomic E-state index is 5.52. The summed E-state index contributed by atoms with van der Waals surface area (Å²) in [4.78, 5) is 0. The van der Waals surface area contributed by atoms with Crippen molar-refractivity contribution in [2.45, 2.75) is 19.8 Å². The molecule has 0 spiro atoms. The summed E-state index contributed by atoms with van der Waals surface area (Å²) in [5.41, 5.74) is 0. The lowest BCUT2D eigenvalue weighted by Crippen LogP contribution is -1.98. The highest BCUT2D eigenvalue weighted by Gasteiger charge is 2.00. The summed E-state index contributed by atoms with van der Waals surface area (Å²) >= 11 is 0. The molecule has 0 saturated carbocycles. The average molecular weight is 179 g/mol. The SMILES string of the molecule is CCCCOc1cc[c]cc1OC. The van der Waals surface area contributed by atoms with Crippen LogP contribution >= 0.6 is 0 Å². The third-order valence-corrected chi connectivity index (χ3v) is 1.76. The fourth-order valence-corrected chi connectivity index (χ4v) is 1.01. The van der Waals surface area contributed by atoms with E-state index >= 15 is 0 Å². The molecule has 0 bridgehead atoms. The second-order valence-electron chi connectivity index (χ2n) is 2.78. The normalized spacial score (nSPS) is 9.69. The number of hydrogen-bond acceptors (Lipinski definition) is 2. The van der Waals surface area contributed by atoms with Gasteiger partial charge < -0.3 is 9.47 Å². The van der Waals surface area contributed by atoms with Gasteiger partial charge in [-0.3, -0.25) is 0 Å². The first-order valence-electron chi connectivity index (χ1n) is 4.55. The zero-order valence-electron chi connectivity index (χ0n) is 8.17. The van der Waals surface area contributed by atoms with Crippen LogP contribution < -0.4 is 9.47 Å². The van der Waals surface area contributed by atoms with E-state index in [-0.39, 0.29) is 0 Å². The van der Waals surface area contributed by atoms with Gasteiger partial charge in [0.05, 0.1) is 13.7 Å². The molecule has 0 amide bonds. The lowest BCUT2D eigenvalue weighted by atomic mass is 10.3. The van der Waals surface area contributed by atoms with Crippen molar-refractivity contribution in [3.8, 4) is 11.5 Å². The van der Waals surface area contributed by atoms with Gasteiger partial charge in [0.25, 0.3) is 0 Å². The second kappa shape index (κ2) is 5.46. The first-order valence-corrected chi connectivity index (χ1v) is 4.55. The molecular formula is C11H15O2. The predicted octanol–water partition coefficient (Wildman–Crippen LogP) is 2.67. The van der Waals surface area contributed by atoms with E-state index in [1.54, 1.807) is 13.2 Å². The summed E-state index contributed by atoms with van der Waals surface area (Å²) in [6.45, 7) is 2.89. The highest BCUT2D eigenvalue weighted by Crippen LogP contribution is 2.25. The van der Waals surface area contributed by atoms with Crippen molar-refractivity contribution in [2.24, 2.45) is 0 Å². The van der Waals surface area contributed by atoms with Crippen molar-refractivity contribution in [3.63, 3.8) is 0 Å². The maximum Gasteiger partial charge on any atom is 0.161 e. The molecule has 2 nitrogen and oxygen atoms in total. The Morgan fingerprint density at radius 2 is 2.23 bits per heavy atom. The number of methoxy groups -OCH3 is 1. The fraction of sp³-hybridized carbons (Fsp3) is 0.455. The smallest absolute Gasteiger partial charge is 0.161 e. The Bertz CT molecular complexity index is 246. The second-order valence-corrected chi connectivity index (χ2v) is 2.78. The van der Waals surface area contributed by atoms with Crippen LogP contribution in [-0.4, -0.2) is 13.7 Å². The van der Waals surface area contributed by atoms with Crippen molar-refractivity contribution in [1.82, 2.24) is 0 Å². The zero-order valence-corrected chi connectivity index (χ0v) is 8.17. The Morgan fingerprint density at radius 3 is 2.92 bits per heavy atom. The van der Waals surface area contributed by atoms with Crippen LogP contribution in [-0.2, 0) is 0 Å². The predicted molar refractivity (Wildman–Crippen MR) is 52.2 cm³/mol. The monoisotopic (exact) mass is 179 g/mol. The van der Waals surface area contributed by atoms with Gasteiger partial charge in [0.2, 0.25) is 0 Å². The van der Waals surface area contributed by atoms with Crippen LogP contribution in [0, 0.1) is 6.07 Å². The Morgan fingerprint density at radius 1 is 1.38 bits per heavy atom. The number of rotatable bonds is 5. The van der Waals surface area contributed by atoms with Crippen molar-refractivity contribution in [1.29, 1.82) is 0 Å². The summed E-state index contributed by atoms with van der Waals surface area (Å²) < 4.78 is 10.6. The standard InChI is InChI=1S/C11H15O2/c1-3-4-9-13-11-8-6-5-7-10(11)12-2/h6-8H,3-4,9H2,1-2H3. The molecule has 0 aliphatic rings. The number of unbranched alkanes of at least 4 members (excludes halogenated alkanes) is 1. The summed E-state index contributed by atoms with van der Waals surface area (Å²) in [6, 6.07) is 8.41. The highest BCUT2D eigenvalue weighted by molar-refractivity contribution is 5.38. The molecule has 0 fully saturated rings. The Balaban J connectivity index is 2.54. The molecule has 0 heterocycles. The molecule has 71 valence electrons. The quantitative estimate of drug-likeness (QED) is 0.647. The van der Waals surface area contributed by atoms with E-state index in [4.69, 9.17) is 9.47 Å². The fourth-order valence-electron chi connectivity index (χ4n) is 1.01. The van der Waals surface area contributed by atoms with Gasteiger partial charge in [-0.15, -0.1) is 0 Å². The van der Waals surface area contributed by atoms with Crippen molar-refractivity contribution in [2.75, 3.05) is 13.7 Å². The summed E-state index contributed by atoms with van der Waals surface area (Å²) in [7, 11) is 1.63. The minimum atomic E-state index is 0.747. The summed E-state index contributed by atoms with van der Waals surface area (Å²) in [5, 5.41) is 0. The lowest BCUT2D eigenvalue weighted by Gasteiger charge is -2.08. The van der Waals surface area contributed by atoms with Gasteiger partial charge in [-0.1, -0.05) is 19.4 Å². The molecule has 0 unspecified atom stereocenters. The maximum absolute atomic E-state index is 5.52. The Kier molecular flexibility index (Phi) is 4.16. The molecule has 2 heteroatoms. The highest BCUT2D eigenvalue weighted by atomic mass is 16.5. The Labute approximate surface area is 79.5 Å². The molecule has 0 saturated heterocycles. The number of hydrogen-bond donors (Lipinski definition) is 0. The van der Waals surface area contributed by atoms with Gasteiger partial charge in [-0.05, 0) is 24.6 Å². The zero-order chi connectivity index (χ0) is 9.52. The van der Waals surface area contributed by atoms with Gasteiger partial charge in [0.15, 0.2) is 11.5 Å². The molecule has 1 aromatic rings. The van der Waals surface area contributed by atoms with Crippen LogP contribution in [0.2, 0.25) is 0 Å². The molecule has 0 aliphatic carbocycles. The van der Waals surface area contributed by atoms with Gasteiger partial charge >= 0.3 is 0 Å². The third kappa shape index (κ3) is 2.98. The first kappa shape index (κ1) is 9.90. The summed E-state index contributed by atoms with van der Waals surface area (Å²) in [5.74, 6) is 1.55. The van der Waals surface area contributed by atoms with Crippen molar-refractivity contribution >= 4 is 0 Å². The van der Waals surface area contributed by atoms with Gasteiger partial charge in [0, 0.05) is 0 Å². The largest absolute Gasteiger partial charge is 0.493 e. The van der Waals surface area contributed by atoms with Crippen LogP contribution in [0.1, 0.15) is 19.8 Å². The van der Waals surface area contributed by atoms with E-state index in [0.717, 1.165) is 30.9 Å². The van der Waals surface area contributed by atoms with E-state index in [2.05, 4.69) is 13.0 Å². The van der Waals surface area contributed by atoms with Gasteiger partial charge in [0.1, 0.15) is 0 Å². The number of benzene rings is 1. The van der Waals surface area contributed by atoms with Gasteiger partial charge in [-0.25, -0.2) is 0 Å². The van der Waals surface area contributed by atoms with E-state index in [9.17, 15) is 0 Å². The van der Waals surface area contributed by atoms with E-state index in [1.165, 1.54) is 0 Å². The lowest BCUT2D eigenvalue weighted by molar-refractivity contribution is 0.288. The minimum absolute atomic E-state index is 0.747. The molecule has 1 rings (SSSR count). The average Bonchev–Trinajstić information content (AvgIpc) is 2.19. The van der Waals surface area contributed by atoms with Crippen molar-refractivity contribution in [3.05, 3.63) is 24.3 Å².